The van der Waals surface area contributed by atoms with Crippen molar-refractivity contribution in [3.63, 3.8) is 0 Å². The summed E-state index contributed by atoms with van der Waals surface area (Å²) >= 11 is 0. The molecule has 8 heteroatoms. The molecule has 2 unspecified atom stereocenters. The Bertz CT molecular complexity index is 1160. The third-order valence-electron chi connectivity index (χ3n) is 9.80. The van der Waals surface area contributed by atoms with Crippen LogP contribution in [0.1, 0.15) is 95.1 Å². The number of rotatable bonds is 13. The van der Waals surface area contributed by atoms with E-state index >= 15 is 0 Å². The molecule has 8 nitrogen and oxygen atoms in total. The van der Waals surface area contributed by atoms with E-state index in [0.29, 0.717) is 23.2 Å². The summed E-state index contributed by atoms with van der Waals surface area (Å²) in [5.41, 5.74) is -0.984. The van der Waals surface area contributed by atoms with Gasteiger partial charge in [0.15, 0.2) is 0 Å². The summed E-state index contributed by atoms with van der Waals surface area (Å²) < 4.78 is 23.8. The highest BCUT2D eigenvalue weighted by atomic mass is 16.8. The third-order valence-corrected chi connectivity index (χ3v) is 9.80. The minimum Gasteiger partial charge on any atom is -0.458 e. The minimum absolute atomic E-state index is 0.251. The summed E-state index contributed by atoms with van der Waals surface area (Å²) in [6, 6.07) is 18.8. The molecule has 2 atom stereocenters. The zero-order valence-electron chi connectivity index (χ0n) is 25.4. The van der Waals surface area contributed by atoms with Crippen LogP contribution in [0.4, 0.5) is 4.79 Å². The van der Waals surface area contributed by atoms with Gasteiger partial charge in [-0.15, -0.1) is 0 Å². The van der Waals surface area contributed by atoms with Crippen LogP contribution < -0.4 is 0 Å². The van der Waals surface area contributed by atoms with Crippen LogP contribution in [-0.2, 0) is 34.1 Å². The standard InChI is InChI=1S/C35H46NO7/c1-2-3-4-5-12-19-32(37)40-26-41-34(39)43-35(27-15-8-6-9-16-27,28-17-10-7-11-18-28)33(38)42-31-24-29-20-21-30(25-31)36(29)22-13-14-23-36/h6-11,15-18,29-31H,2-5,12-14,19-26H2,1H3/q+1. The molecule has 1 spiro atoms. The zero-order chi connectivity index (χ0) is 30.1. The SMILES string of the molecule is CCCCCCCC(=O)OCOC(=O)OC(C(=O)OC1CC2CCC(C1)[N+]21CCCC1)(c1ccccc1)c1ccccc1. The molecule has 0 amide bonds. The maximum atomic E-state index is 14.3. The van der Waals surface area contributed by atoms with Crippen molar-refractivity contribution in [2.75, 3.05) is 19.9 Å². The number of quaternary nitrogens is 1. The van der Waals surface area contributed by atoms with Crippen LogP contribution in [0.5, 0.6) is 0 Å². The van der Waals surface area contributed by atoms with Crippen molar-refractivity contribution in [3.8, 4) is 0 Å². The third kappa shape index (κ3) is 6.90. The number of benzene rings is 2. The summed E-state index contributed by atoms with van der Waals surface area (Å²) in [6.07, 6.45) is 10.4. The van der Waals surface area contributed by atoms with Crippen LogP contribution in [0.25, 0.3) is 0 Å². The van der Waals surface area contributed by atoms with E-state index in [1.165, 1.54) is 43.3 Å². The molecule has 0 radical (unpaired) electrons. The molecule has 232 valence electrons. The summed E-state index contributed by atoms with van der Waals surface area (Å²) in [6.45, 7) is 4.00. The van der Waals surface area contributed by atoms with Crippen LogP contribution in [-0.4, -0.2) is 60.6 Å². The molecule has 0 aromatic heterocycles. The second kappa shape index (κ2) is 14.4. The zero-order valence-corrected chi connectivity index (χ0v) is 25.4. The number of hydrogen-bond acceptors (Lipinski definition) is 7. The van der Waals surface area contributed by atoms with Crippen LogP contribution in [0.15, 0.2) is 60.7 Å². The van der Waals surface area contributed by atoms with Crippen molar-refractivity contribution in [2.24, 2.45) is 0 Å². The largest absolute Gasteiger partial charge is 0.513 e. The number of esters is 2. The molecule has 0 N–H and O–H groups in total. The smallest absolute Gasteiger partial charge is 0.458 e. The van der Waals surface area contributed by atoms with Gasteiger partial charge in [-0.05, 0) is 6.42 Å². The molecule has 3 saturated heterocycles. The quantitative estimate of drug-likeness (QED) is 0.0832. The Labute approximate surface area is 255 Å². The fourth-order valence-corrected chi connectivity index (χ4v) is 7.69. The van der Waals surface area contributed by atoms with Gasteiger partial charge in [-0.2, -0.15) is 0 Å². The number of carbonyl (C=O) groups is 3. The summed E-state index contributed by atoms with van der Waals surface area (Å²) in [7, 11) is 0. The number of unbranched alkanes of at least 4 members (excludes halogenated alkanes) is 4. The molecule has 3 heterocycles. The molecule has 0 aliphatic carbocycles. The Kier molecular flexibility index (Phi) is 10.4. The van der Waals surface area contributed by atoms with Crippen molar-refractivity contribution >= 4 is 18.1 Å². The number of piperidine rings is 1. The predicted octanol–water partition coefficient (Wildman–Crippen LogP) is 6.79. The first-order valence-corrected chi connectivity index (χ1v) is 16.2. The Hall–Kier alpha value is -3.39. The first kappa shape index (κ1) is 31.0. The maximum Gasteiger partial charge on any atom is 0.513 e. The van der Waals surface area contributed by atoms with Crippen LogP contribution >= 0.6 is 0 Å². The Balaban J connectivity index is 1.30. The molecule has 3 fully saturated rings. The van der Waals surface area contributed by atoms with Gasteiger partial charge in [0.05, 0.1) is 25.2 Å². The highest BCUT2D eigenvalue weighted by Gasteiger charge is 2.57. The van der Waals surface area contributed by atoms with Crippen molar-refractivity contribution in [1.29, 1.82) is 0 Å². The average molecular weight is 593 g/mol. The molecule has 3 aliphatic heterocycles. The maximum absolute atomic E-state index is 14.3. The predicted molar refractivity (Wildman–Crippen MR) is 161 cm³/mol. The average Bonchev–Trinajstić information content (AvgIpc) is 3.57. The Morgan fingerprint density at radius 3 is 1.95 bits per heavy atom. The number of nitrogens with zero attached hydrogens (tertiary/aromatic N) is 1. The molecule has 2 bridgehead atoms. The monoisotopic (exact) mass is 592 g/mol. The Morgan fingerprint density at radius 1 is 0.791 bits per heavy atom. The minimum atomic E-state index is -1.89. The van der Waals surface area contributed by atoms with E-state index in [0.717, 1.165) is 44.9 Å². The highest BCUT2D eigenvalue weighted by Crippen LogP contribution is 2.47. The van der Waals surface area contributed by atoms with E-state index in [2.05, 4.69) is 6.92 Å². The van der Waals surface area contributed by atoms with Gasteiger partial charge in [0, 0.05) is 56.1 Å². The number of carbonyl (C=O) groups excluding carboxylic acids is 3. The number of hydrogen-bond donors (Lipinski definition) is 0. The molecule has 5 rings (SSSR count). The van der Waals surface area contributed by atoms with Crippen LogP contribution in [0.2, 0.25) is 0 Å². The topological polar surface area (TPSA) is 88.1 Å². The molecular weight excluding hydrogens is 546 g/mol. The Morgan fingerprint density at radius 2 is 1.37 bits per heavy atom. The lowest BCUT2D eigenvalue weighted by Gasteiger charge is -2.47. The van der Waals surface area contributed by atoms with Crippen molar-refractivity contribution in [3.05, 3.63) is 71.8 Å². The van der Waals surface area contributed by atoms with E-state index in [1.54, 1.807) is 48.5 Å². The van der Waals surface area contributed by atoms with E-state index < -0.39 is 30.5 Å². The molecule has 3 aliphatic rings. The van der Waals surface area contributed by atoms with Gasteiger partial charge in [0.25, 0.3) is 5.60 Å². The van der Waals surface area contributed by atoms with E-state index in [4.69, 9.17) is 18.9 Å². The van der Waals surface area contributed by atoms with Crippen molar-refractivity contribution < 1.29 is 37.8 Å². The van der Waals surface area contributed by atoms with Crippen molar-refractivity contribution in [1.82, 2.24) is 0 Å². The lowest BCUT2D eigenvalue weighted by molar-refractivity contribution is -0.956. The molecule has 2 aromatic carbocycles. The van der Waals surface area contributed by atoms with Gasteiger partial charge in [0.1, 0.15) is 6.10 Å². The molecule has 0 saturated carbocycles. The van der Waals surface area contributed by atoms with Crippen LogP contribution in [0, 0.1) is 0 Å². The van der Waals surface area contributed by atoms with Gasteiger partial charge in [-0.25, -0.2) is 9.59 Å². The normalized spacial score (nSPS) is 22.2. The van der Waals surface area contributed by atoms with E-state index in [1.807, 2.05) is 12.1 Å². The lowest BCUT2D eigenvalue weighted by atomic mass is 9.85. The van der Waals surface area contributed by atoms with E-state index in [-0.39, 0.29) is 12.5 Å². The number of ether oxygens (including phenoxy) is 4. The summed E-state index contributed by atoms with van der Waals surface area (Å²) in [5, 5.41) is 0. The lowest BCUT2D eigenvalue weighted by Crippen LogP contribution is -2.60. The first-order chi connectivity index (χ1) is 21.0. The van der Waals surface area contributed by atoms with Gasteiger partial charge in [0.2, 0.25) is 6.79 Å². The van der Waals surface area contributed by atoms with Gasteiger partial charge in [-0.3, -0.25) is 4.79 Å². The second-order valence-electron chi connectivity index (χ2n) is 12.3. The second-order valence-corrected chi connectivity index (χ2v) is 12.3. The summed E-state index contributed by atoms with van der Waals surface area (Å²) in [4.78, 5) is 39.6. The van der Waals surface area contributed by atoms with E-state index in [9.17, 15) is 14.4 Å². The fraction of sp³-hybridized carbons (Fsp3) is 0.571. The first-order valence-electron chi connectivity index (χ1n) is 16.2. The van der Waals surface area contributed by atoms with Crippen molar-refractivity contribution in [2.45, 2.75) is 108 Å². The summed E-state index contributed by atoms with van der Waals surface area (Å²) in [5.74, 6) is -1.09. The fourth-order valence-electron chi connectivity index (χ4n) is 7.69. The van der Waals surface area contributed by atoms with Gasteiger partial charge < -0.3 is 23.4 Å². The molecule has 2 aromatic rings. The molecule has 43 heavy (non-hydrogen) atoms. The van der Waals surface area contributed by atoms with Gasteiger partial charge >= 0.3 is 18.1 Å². The highest BCUT2D eigenvalue weighted by molar-refractivity contribution is 5.88. The molecular formula is C35H46NO7+. The van der Waals surface area contributed by atoms with Gasteiger partial charge in [-0.1, -0.05) is 93.3 Å². The van der Waals surface area contributed by atoms with Crippen LogP contribution in [0.3, 0.4) is 0 Å².